The molecule has 0 aliphatic carbocycles. The number of likely N-dealkylation sites (N-methyl/N-ethyl adjacent to an activating group) is 1. The van der Waals surface area contributed by atoms with E-state index in [9.17, 15) is 9.59 Å². The predicted octanol–water partition coefficient (Wildman–Crippen LogP) is 1.29. The van der Waals surface area contributed by atoms with Crippen LogP contribution in [0.25, 0.3) is 0 Å². The van der Waals surface area contributed by atoms with Crippen LogP contribution in [-0.4, -0.2) is 72.2 Å². The SMILES string of the molecule is Cc1nc(CCNC(=O)N2CCC3(CN(C)C(=O)CO3)C2)sc1Cl. The van der Waals surface area contributed by atoms with Crippen molar-refractivity contribution >= 4 is 34.9 Å². The molecule has 1 unspecified atom stereocenters. The Hall–Kier alpha value is -1.38. The summed E-state index contributed by atoms with van der Waals surface area (Å²) >= 11 is 7.45. The van der Waals surface area contributed by atoms with Gasteiger partial charge in [-0.2, -0.15) is 0 Å². The van der Waals surface area contributed by atoms with Gasteiger partial charge in [-0.25, -0.2) is 9.78 Å². The number of urea groups is 1. The minimum Gasteiger partial charge on any atom is -0.361 e. The van der Waals surface area contributed by atoms with E-state index in [2.05, 4.69) is 10.3 Å². The summed E-state index contributed by atoms with van der Waals surface area (Å²) in [5, 5.41) is 3.84. The summed E-state index contributed by atoms with van der Waals surface area (Å²) in [5.41, 5.74) is 0.414. The number of nitrogens with one attached hydrogen (secondary N) is 1. The third-order valence-electron chi connectivity index (χ3n) is 4.46. The highest BCUT2D eigenvalue weighted by Crippen LogP contribution is 2.29. The van der Waals surface area contributed by atoms with Crippen LogP contribution in [0, 0.1) is 6.92 Å². The number of hydrogen-bond donors (Lipinski definition) is 1. The van der Waals surface area contributed by atoms with Crippen LogP contribution in [0.2, 0.25) is 4.34 Å². The molecule has 1 N–H and O–H groups in total. The average Bonchev–Trinajstić information content (AvgIpc) is 3.08. The van der Waals surface area contributed by atoms with Gasteiger partial charge in [-0.3, -0.25) is 4.79 Å². The zero-order valence-electron chi connectivity index (χ0n) is 13.8. The molecule has 0 bridgehead atoms. The first-order chi connectivity index (χ1) is 11.4. The largest absolute Gasteiger partial charge is 0.361 e. The normalized spacial score (nSPS) is 24.0. The molecule has 3 amide bonds. The van der Waals surface area contributed by atoms with E-state index >= 15 is 0 Å². The fourth-order valence-corrected chi connectivity index (χ4v) is 4.18. The van der Waals surface area contributed by atoms with Crippen LogP contribution < -0.4 is 5.32 Å². The molecule has 0 aromatic carbocycles. The van der Waals surface area contributed by atoms with Gasteiger partial charge in [0.15, 0.2) is 0 Å². The number of hydrogen-bond acceptors (Lipinski definition) is 5. The number of nitrogens with zero attached hydrogens (tertiary/aromatic N) is 3. The van der Waals surface area contributed by atoms with E-state index in [4.69, 9.17) is 16.3 Å². The van der Waals surface area contributed by atoms with Crippen molar-refractivity contribution in [3.63, 3.8) is 0 Å². The van der Waals surface area contributed by atoms with Gasteiger partial charge in [-0.05, 0) is 13.3 Å². The maximum absolute atomic E-state index is 12.3. The Morgan fingerprint density at radius 1 is 1.50 bits per heavy atom. The molecule has 3 rings (SSSR count). The number of aryl methyl sites for hydroxylation is 1. The van der Waals surface area contributed by atoms with Gasteiger partial charge in [0.25, 0.3) is 0 Å². The number of morpholine rings is 1. The van der Waals surface area contributed by atoms with Crippen LogP contribution in [-0.2, 0) is 16.0 Å². The molecule has 24 heavy (non-hydrogen) atoms. The smallest absolute Gasteiger partial charge is 0.317 e. The number of carbonyl (C=O) groups excluding carboxylic acids is 2. The van der Waals surface area contributed by atoms with Crippen molar-refractivity contribution in [2.75, 3.05) is 39.8 Å². The van der Waals surface area contributed by atoms with E-state index in [1.54, 1.807) is 16.8 Å². The maximum Gasteiger partial charge on any atom is 0.317 e. The van der Waals surface area contributed by atoms with Crippen molar-refractivity contribution in [3.8, 4) is 0 Å². The van der Waals surface area contributed by atoms with Crippen LogP contribution >= 0.6 is 22.9 Å². The van der Waals surface area contributed by atoms with Gasteiger partial charge in [0, 0.05) is 26.6 Å². The molecule has 1 aromatic rings. The van der Waals surface area contributed by atoms with Crippen LogP contribution in [0.15, 0.2) is 0 Å². The third-order valence-corrected chi connectivity index (χ3v) is 5.97. The van der Waals surface area contributed by atoms with Crippen LogP contribution in [0.4, 0.5) is 4.79 Å². The molecule has 1 atom stereocenters. The molecule has 7 nitrogen and oxygen atoms in total. The fraction of sp³-hybridized carbons (Fsp3) is 0.667. The molecule has 2 fully saturated rings. The standard InChI is InChI=1S/C15H21ClN4O3S/c1-10-13(16)24-11(18-10)3-5-17-14(22)20-6-4-15(9-20)8-19(2)12(21)7-23-15/h3-9H2,1-2H3,(H,17,22). The summed E-state index contributed by atoms with van der Waals surface area (Å²) in [6.45, 7) is 4.17. The molecular formula is C15H21ClN4O3S. The number of thiazole rings is 1. The lowest BCUT2D eigenvalue weighted by Crippen LogP contribution is -2.55. The lowest BCUT2D eigenvalue weighted by molar-refractivity contribution is -0.158. The quantitative estimate of drug-likeness (QED) is 0.867. The van der Waals surface area contributed by atoms with E-state index in [0.29, 0.717) is 36.9 Å². The number of carbonyl (C=O) groups is 2. The highest BCUT2D eigenvalue weighted by Gasteiger charge is 2.45. The van der Waals surface area contributed by atoms with E-state index in [-0.39, 0.29) is 18.5 Å². The topological polar surface area (TPSA) is 74.8 Å². The molecule has 132 valence electrons. The number of likely N-dealkylation sites (tertiary alicyclic amines) is 1. The lowest BCUT2D eigenvalue weighted by atomic mass is 10.0. The summed E-state index contributed by atoms with van der Waals surface area (Å²) in [5.74, 6) is -0.0130. The van der Waals surface area contributed by atoms with Gasteiger partial charge in [0.2, 0.25) is 5.91 Å². The highest BCUT2D eigenvalue weighted by molar-refractivity contribution is 7.16. The minimum atomic E-state index is -0.417. The molecule has 3 heterocycles. The molecule has 9 heteroatoms. The fourth-order valence-electron chi connectivity index (χ4n) is 3.08. The Balaban J connectivity index is 1.47. The molecule has 1 spiro atoms. The number of amides is 3. The van der Waals surface area contributed by atoms with Crippen LogP contribution in [0.3, 0.4) is 0 Å². The number of rotatable bonds is 3. The number of ether oxygens (including phenoxy) is 1. The summed E-state index contributed by atoms with van der Waals surface area (Å²) in [4.78, 5) is 31.6. The average molecular weight is 373 g/mol. The van der Waals surface area contributed by atoms with Crippen molar-refractivity contribution in [1.82, 2.24) is 20.1 Å². The minimum absolute atomic E-state index is 0.0130. The summed E-state index contributed by atoms with van der Waals surface area (Å²) in [7, 11) is 1.77. The first-order valence-corrected chi connectivity index (χ1v) is 9.10. The molecule has 0 radical (unpaired) electrons. The van der Waals surface area contributed by atoms with Crippen LogP contribution in [0.5, 0.6) is 0 Å². The van der Waals surface area contributed by atoms with Crippen molar-refractivity contribution in [1.29, 1.82) is 0 Å². The Morgan fingerprint density at radius 2 is 2.29 bits per heavy atom. The Kier molecular flexibility index (Phi) is 4.98. The molecule has 2 aliphatic rings. The Morgan fingerprint density at radius 3 is 2.96 bits per heavy atom. The Bertz CT molecular complexity index is 633. The third kappa shape index (κ3) is 3.65. The van der Waals surface area contributed by atoms with Crippen molar-refractivity contribution in [2.24, 2.45) is 0 Å². The van der Waals surface area contributed by atoms with Gasteiger partial charge < -0.3 is 19.9 Å². The van der Waals surface area contributed by atoms with Gasteiger partial charge in [0.1, 0.15) is 16.5 Å². The zero-order valence-corrected chi connectivity index (χ0v) is 15.4. The zero-order chi connectivity index (χ0) is 17.3. The summed E-state index contributed by atoms with van der Waals surface area (Å²) in [6, 6.07) is -0.102. The predicted molar refractivity (Wildman–Crippen MR) is 91.5 cm³/mol. The first kappa shape index (κ1) is 17.4. The van der Waals surface area contributed by atoms with E-state index in [1.807, 2.05) is 6.92 Å². The molecule has 0 saturated carbocycles. The highest BCUT2D eigenvalue weighted by atomic mass is 35.5. The number of aromatic nitrogens is 1. The first-order valence-electron chi connectivity index (χ1n) is 7.91. The summed E-state index contributed by atoms with van der Waals surface area (Å²) < 4.78 is 6.44. The van der Waals surface area contributed by atoms with Crippen molar-refractivity contribution < 1.29 is 14.3 Å². The lowest BCUT2D eigenvalue weighted by Gasteiger charge is -2.38. The molecule has 2 aliphatic heterocycles. The van der Waals surface area contributed by atoms with Gasteiger partial charge in [0.05, 0.1) is 23.8 Å². The summed E-state index contributed by atoms with van der Waals surface area (Å²) in [6.07, 6.45) is 1.41. The van der Waals surface area contributed by atoms with Crippen molar-refractivity contribution in [2.45, 2.75) is 25.4 Å². The van der Waals surface area contributed by atoms with Gasteiger partial charge in [-0.1, -0.05) is 11.6 Å². The Labute approximate surface area is 149 Å². The second-order valence-electron chi connectivity index (χ2n) is 6.34. The van der Waals surface area contributed by atoms with E-state index < -0.39 is 5.60 Å². The van der Waals surface area contributed by atoms with Gasteiger partial charge in [-0.15, -0.1) is 11.3 Å². The van der Waals surface area contributed by atoms with Crippen molar-refractivity contribution in [3.05, 3.63) is 15.0 Å². The molecule has 2 saturated heterocycles. The van der Waals surface area contributed by atoms with E-state index in [0.717, 1.165) is 17.1 Å². The van der Waals surface area contributed by atoms with Gasteiger partial charge >= 0.3 is 6.03 Å². The number of halogens is 1. The monoisotopic (exact) mass is 372 g/mol. The van der Waals surface area contributed by atoms with E-state index in [1.165, 1.54) is 11.3 Å². The molecular weight excluding hydrogens is 352 g/mol. The maximum atomic E-state index is 12.3. The van der Waals surface area contributed by atoms with Crippen LogP contribution in [0.1, 0.15) is 17.1 Å². The second kappa shape index (κ2) is 6.85. The molecule has 1 aromatic heterocycles. The second-order valence-corrected chi connectivity index (χ2v) is 8.03.